The molecule has 0 heterocycles. The van der Waals surface area contributed by atoms with Gasteiger partial charge in [-0.25, -0.2) is 4.39 Å². The van der Waals surface area contributed by atoms with Crippen LogP contribution in [0.3, 0.4) is 0 Å². The van der Waals surface area contributed by atoms with Gasteiger partial charge < -0.3 is 5.73 Å². The number of thioether (sulfide) groups is 1. The number of halogens is 1. The van der Waals surface area contributed by atoms with Crippen molar-refractivity contribution < 1.29 is 4.39 Å². The normalized spacial score (nSPS) is 18.5. The Morgan fingerprint density at radius 3 is 2.76 bits per heavy atom. The molecule has 1 nitrogen and oxygen atoms in total. The zero-order valence-corrected chi connectivity index (χ0v) is 11.1. The minimum absolute atomic E-state index is 0.100. The molecule has 1 atom stereocenters. The van der Waals surface area contributed by atoms with Gasteiger partial charge in [0.25, 0.3) is 0 Å². The van der Waals surface area contributed by atoms with Crippen LogP contribution in [0.2, 0.25) is 0 Å². The molecule has 1 aliphatic carbocycles. The summed E-state index contributed by atoms with van der Waals surface area (Å²) in [6, 6.07) is 5.11. The van der Waals surface area contributed by atoms with Crippen LogP contribution < -0.4 is 5.73 Å². The number of hydrogen-bond donors (Lipinski definition) is 1. The molecule has 0 aromatic heterocycles. The average Bonchev–Trinajstić information content (AvgIpc) is 2.80. The lowest BCUT2D eigenvalue weighted by Gasteiger charge is -2.15. The van der Waals surface area contributed by atoms with Crippen molar-refractivity contribution in [2.45, 2.75) is 43.5 Å². The Morgan fingerprint density at radius 2 is 2.12 bits per heavy atom. The van der Waals surface area contributed by atoms with Crippen molar-refractivity contribution in [3.63, 3.8) is 0 Å². The van der Waals surface area contributed by atoms with Crippen molar-refractivity contribution in [2.24, 2.45) is 11.7 Å². The zero-order valence-electron chi connectivity index (χ0n) is 10.3. The first-order valence-electron chi connectivity index (χ1n) is 6.35. The maximum absolute atomic E-state index is 13.8. The molecular formula is C14H20FNS. The van der Waals surface area contributed by atoms with Crippen LogP contribution in [0.15, 0.2) is 23.1 Å². The van der Waals surface area contributed by atoms with E-state index in [1.54, 1.807) is 17.8 Å². The molecule has 2 N–H and O–H groups in total. The minimum Gasteiger partial charge on any atom is -0.324 e. The molecule has 0 spiro atoms. The molecule has 0 amide bonds. The topological polar surface area (TPSA) is 26.0 Å². The van der Waals surface area contributed by atoms with Gasteiger partial charge >= 0.3 is 0 Å². The Kier molecular flexibility index (Phi) is 4.46. The second-order valence-electron chi connectivity index (χ2n) is 4.91. The highest BCUT2D eigenvalue weighted by Crippen LogP contribution is 2.34. The van der Waals surface area contributed by atoms with Gasteiger partial charge in [-0.15, -0.1) is 11.8 Å². The Balaban J connectivity index is 2.07. The summed E-state index contributed by atoms with van der Waals surface area (Å²) in [5.74, 6) is 1.67. The maximum Gasteiger partial charge on any atom is 0.137 e. The predicted octanol–water partition coefficient (Wildman–Crippen LogP) is 4.13. The molecule has 94 valence electrons. The summed E-state index contributed by atoms with van der Waals surface area (Å²) in [7, 11) is 0. The van der Waals surface area contributed by atoms with Crippen LogP contribution in [0.5, 0.6) is 0 Å². The molecule has 1 aromatic carbocycles. The van der Waals surface area contributed by atoms with Gasteiger partial charge in [-0.3, -0.25) is 0 Å². The first kappa shape index (κ1) is 12.9. The van der Waals surface area contributed by atoms with Crippen LogP contribution in [0.25, 0.3) is 0 Å². The van der Waals surface area contributed by atoms with E-state index in [9.17, 15) is 4.39 Å². The predicted molar refractivity (Wildman–Crippen MR) is 71.7 cm³/mol. The highest BCUT2D eigenvalue weighted by Gasteiger charge is 2.18. The van der Waals surface area contributed by atoms with Crippen molar-refractivity contribution >= 4 is 11.8 Å². The van der Waals surface area contributed by atoms with Crippen LogP contribution in [-0.2, 0) is 0 Å². The molecule has 0 bridgehead atoms. The van der Waals surface area contributed by atoms with Crippen molar-refractivity contribution in [1.29, 1.82) is 0 Å². The van der Waals surface area contributed by atoms with E-state index < -0.39 is 0 Å². The van der Waals surface area contributed by atoms with Gasteiger partial charge in [0.1, 0.15) is 5.82 Å². The van der Waals surface area contributed by atoms with Crippen LogP contribution in [0.4, 0.5) is 4.39 Å². The third-order valence-electron chi connectivity index (χ3n) is 3.43. The first-order valence-corrected chi connectivity index (χ1v) is 7.34. The van der Waals surface area contributed by atoms with Gasteiger partial charge in [0.15, 0.2) is 0 Å². The van der Waals surface area contributed by atoms with Crippen molar-refractivity contribution in [3.05, 3.63) is 29.6 Å². The maximum atomic E-state index is 13.8. The summed E-state index contributed by atoms with van der Waals surface area (Å²) in [5, 5.41) is 0. The summed E-state index contributed by atoms with van der Waals surface area (Å²) in [4.78, 5) is 0.759. The van der Waals surface area contributed by atoms with Gasteiger partial charge in [0.05, 0.1) is 0 Å². The van der Waals surface area contributed by atoms with Gasteiger partial charge in [0, 0.05) is 16.7 Å². The fraction of sp³-hybridized carbons (Fsp3) is 0.571. The molecule has 2 rings (SSSR count). The Hall–Kier alpha value is -0.540. The second kappa shape index (κ2) is 5.87. The first-order chi connectivity index (χ1) is 8.18. The van der Waals surface area contributed by atoms with E-state index in [0.717, 1.165) is 22.1 Å². The van der Waals surface area contributed by atoms with E-state index in [4.69, 9.17) is 5.73 Å². The molecular weight excluding hydrogens is 233 g/mol. The van der Waals surface area contributed by atoms with Crippen molar-refractivity contribution in [1.82, 2.24) is 0 Å². The van der Waals surface area contributed by atoms with E-state index in [1.807, 2.05) is 13.0 Å². The molecule has 3 heteroatoms. The number of benzene rings is 1. The Morgan fingerprint density at radius 1 is 1.41 bits per heavy atom. The Labute approximate surface area is 107 Å². The molecule has 1 fully saturated rings. The smallest absolute Gasteiger partial charge is 0.137 e. The van der Waals surface area contributed by atoms with Gasteiger partial charge in [-0.2, -0.15) is 0 Å². The summed E-state index contributed by atoms with van der Waals surface area (Å²) < 4.78 is 13.8. The molecule has 1 saturated carbocycles. The molecule has 17 heavy (non-hydrogen) atoms. The highest BCUT2D eigenvalue weighted by molar-refractivity contribution is 7.99. The lowest BCUT2D eigenvalue weighted by Crippen LogP contribution is -2.08. The third-order valence-corrected chi connectivity index (χ3v) is 4.78. The highest BCUT2D eigenvalue weighted by atomic mass is 32.2. The zero-order chi connectivity index (χ0) is 12.3. The second-order valence-corrected chi connectivity index (χ2v) is 5.94. The number of nitrogens with two attached hydrogens (primary N) is 1. The summed E-state index contributed by atoms with van der Waals surface area (Å²) in [6.45, 7) is 1.91. The molecule has 0 radical (unpaired) electrons. The lowest BCUT2D eigenvalue weighted by molar-refractivity contribution is 0.588. The van der Waals surface area contributed by atoms with Gasteiger partial charge in [-0.05, 0) is 37.3 Å². The minimum atomic E-state index is -0.122. The fourth-order valence-electron chi connectivity index (χ4n) is 2.41. The number of hydrogen-bond acceptors (Lipinski definition) is 2. The molecule has 0 saturated heterocycles. The SMILES string of the molecule is C[C@H](N)c1cccc(F)c1SCC1CCCC1. The molecule has 0 unspecified atom stereocenters. The third kappa shape index (κ3) is 3.23. The van der Waals surface area contributed by atoms with Gasteiger partial charge in [-0.1, -0.05) is 25.0 Å². The van der Waals surface area contributed by atoms with Crippen LogP contribution in [0, 0.1) is 11.7 Å². The molecule has 1 aliphatic rings. The average molecular weight is 253 g/mol. The monoisotopic (exact) mass is 253 g/mol. The van der Waals surface area contributed by atoms with Crippen molar-refractivity contribution in [3.8, 4) is 0 Å². The summed E-state index contributed by atoms with van der Waals surface area (Å²) >= 11 is 1.64. The Bertz CT molecular complexity index is 372. The summed E-state index contributed by atoms with van der Waals surface area (Å²) in [5.41, 5.74) is 6.83. The van der Waals surface area contributed by atoms with Crippen LogP contribution >= 0.6 is 11.8 Å². The van der Waals surface area contributed by atoms with Gasteiger partial charge in [0.2, 0.25) is 0 Å². The van der Waals surface area contributed by atoms with E-state index in [2.05, 4.69) is 0 Å². The van der Waals surface area contributed by atoms with Crippen LogP contribution in [-0.4, -0.2) is 5.75 Å². The van der Waals surface area contributed by atoms with Crippen LogP contribution in [0.1, 0.15) is 44.2 Å². The fourth-order valence-corrected chi connectivity index (χ4v) is 3.78. The van der Waals surface area contributed by atoms with E-state index in [0.29, 0.717) is 0 Å². The standard InChI is InChI=1S/C14H20FNS/c1-10(16)12-7-4-8-13(15)14(12)17-9-11-5-2-3-6-11/h4,7-8,10-11H,2-3,5-6,9,16H2,1H3/t10-/m0/s1. The largest absolute Gasteiger partial charge is 0.324 e. The molecule has 1 aromatic rings. The van der Waals surface area contributed by atoms with Crippen molar-refractivity contribution in [2.75, 3.05) is 5.75 Å². The van der Waals surface area contributed by atoms with E-state index in [-0.39, 0.29) is 11.9 Å². The lowest BCUT2D eigenvalue weighted by atomic mass is 10.1. The van der Waals surface area contributed by atoms with E-state index in [1.165, 1.54) is 31.7 Å². The van der Waals surface area contributed by atoms with E-state index >= 15 is 0 Å². The summed E-state index contributed by atoms with van der Waals surface area (Å²) in [6.07, 6.45) is 5.27. The quantitative estimate of drug-likeness (QED) is 0.817. The molecule has 0 aliphatic heterocycles. The number of rotatable bonds is 4.